The fourth-order valence-corrected chi connectivity index (χ4v) is 2.83. The largest absolute Gasteiger partial charge is 0.391 e. The van der Waals surface area contributed by atoms with Crippen molar-refractivity contribution in [1.82, 2.24) is 5.32 Å². The van der Waals surface area contributed by atoms with E-state index in [9.17, 15) is 9.90 Å². The number of hydrogen-bond donors (Lipinski definition) is 2. The normalized spacial score (nSPS) is 33.2. The van der Waals surface area contributed by atoms with Gasteiger partial charge in [-0.2, -0.15) is 0 Å². The zero-order chi connectivity index (χ0) is 14.8. The van der Waals surface area contributed by atoms with Crippen molar-refractivity contribution in [2.75, 3.05) is 6.54 Å². The quantitative estimate of drug-likeness (QED) is 0.822. The molecule has 112 valence electrons. The highest BCUT2D eigenvalue weighted by molar-refractivity contribution is 5.79. The van der Waals surface area contributed by atoms with Crippen LogP contribution in [0.15, 0.2) is 0 Å². The molecule has 4 heteroatoms. The van der Waals surface area contributed by atoms with Crippen LogP contribution in [0.25, 0.3) is 0 Å². The number of aliphatic hydroxyl groups is 1. The second kappa shape index (κ2) is 6.23. The van der Waals surface area contributed by atoms with Gasteiger partial charge >= 0.3 is 0 Å². The van der Waals surface area contributed by atoms with E-state index in [1.807, 2.05) is 20.8 Å². The lowest BCUT2D eigenvalue weighted by molar-refractivity contribution is -0.127. The van der Waals surface area contributed by atoms with Crippen molar-refractivity contribution < 1.29 is 14.6 Å². The summed E-state index contributed by atoms with van der Waals surface area (Å²) >= 11 is 0. The van der Waals surface area contributed by atoms with Crippen LogP contribution in [0.3, 0.4) is 0 Å². The molecule has 1 heterocycles. The number of ether oxygens (including phenoxy) is 1. The minimum Gasteiger partial charge on any atom is -0.391 e. The molecule has 0 spiro atoms. The fraction of sp³-hybridized carbons (Fsp3) is 0.933. The molecule has 0 bridgehead atoms. The minimum atomic E-state index is -0.491. The zero-order valence-corrected chi connectivity index (χ0v) is 13.1. The van der Waals surface area contributed by atoms with Crippen LogP contribution in [0.4, 0.5) is 0 Å². The Hall–Kier alpha value is -0.610. The van der Waals surface area contributed by atoms with Crippen LogP contribution in [-0.2, 0) is 9.53 Å². The monoisotopic (exact) mass is 271 g/mol. The lowest BCUT2D eigenvalue weighted by Crippen LogP contribution is -2.41. The first-order chi connectivity index (χ1) is 8.61. The number of amides is 1. The third-order valence-electron chi connectivity index (χ3n) is 3.90. The molecule has 19 heavy (non-hydrogen) atoms. The third-order valence-corrected chi connectivity index (χ3v) is 3.90. The molecule has 0 aromatic carbocycles. The summed E-state index contributed by atoms with van der Waals surface area (Å²) in [4.78, 5) is 12.2. The Morgan fingerprint density at radius 2 is 1.84 bits per heavy atom. The SMILES string of the molecule is CC1OC(C)C(C(=O)NCC(O)CC(C)(C)C)C1C. The molecule has 0 radical (unpaired) electrons. The van der Waals surface area contributed by atoms with Crippen LogP contribution in [0.1, 0.15) is 48.0 Å². The smallest absolute Gasteiger partial charge is 0.226 e. The first-order valence-electron chi connectivity index (χ1n) is 7.23. The molecule has 1 rings (SSSR count). The predicted molar refractivity (Wildman–Crippen MR) is 75.8 cm³/mol. The molecule has 1 amide bonds. The Balaban J connectivity index is 2.43. The Bertz CT molecular complexity index is 311. The molecule has 1 aliphatic heterocycles. The van der Waals surface area contributed by atoms with Gasteiger partial charge in [-0.15, -0.1) is 0 Å². The van der Waals surface area contributed by atoms with Crippen LogP contribution in [0.5, 0.6) is 0 Å². The highest BCUT2D eigenvalue weighted by Crippen LogP contribution is 2.32. The molecular formula is C15H29NO3. The van der Waals surface area contributed by atoms with Crippen molar-refractivity contribution in [3.05, 3.63) is 0 Å². The van der Waals surface area contributed by atoms with E-state index in [4.69, 9.17) is 4.74 Å². The highest BCUT2D eigenvalue weighted by Gasteiger charge is 2.41. The Morgan fingerprint density at radius 3 is 2.26 bits per heavy atom. The molecule has 4 nitrogen and oxygen atoms in total. The molecule has 1 saturated heterocycles. The Kier molecular flexibility index (Phi) is 5.39. The minimum absolute atomic E-state index is 0.00249. The third kappa shape index (κ3) is 4.77. The molecule has 0 saturated carbocycles. The second-order valence-corrected chi connectivity index (χ2v) is 7.09. The van der Waals surface area contributed by atoms with E-state index in [-0.39, 0.29) is 35.4 Å². The van der Waals surface area contributed by atoms with Gasteiger partial charge in [-0.3, -0.25) is 4.79 Å². The summed E-state index contributed by atoms with van der Waals surface area (Å²) in [7, 11) is 0. The van der Waals surface area contributed by atoms with E-state index in [1.54, 1.807) is 0 Å². The molecule has 2 N–H and O–H groups in total. The van der Waals surface area contributed by atoms with Crippen LogP contribution in [-0.4, -0.2) is 35.9 Å². The molecule has 0 aliphatic carbocycles. The molecular weight excluding hydrogens is 242 g/mol. The van der Waals surface area contributed by atoms with Crippen LogP contribution in [0.2, 0.25) is 0 Å². The summed E-state index contributed by atoms with van der Waals surface area (Å²) in [5.41, 5.74) is 0.0652. The molecule has 5 unspecified atom stereocenters. The van der Waals surface area contributed by atoms with E-state index in [1.165, 1.54) is 0 Å². The molecule has 0 aromatic rings. The number of carbonyl (C=O) groups is 1. The number of rotatable bonds is 4. The summed E-state index contributed by atoms with van der Waals surface area (Å²) in [5.74, 6) is 0.101. The van der Waals surface area contributed by atoms with Gasteiger partial charge < -0.3 is 15.2 Å². The van der Waals surface area contributed by atoms with Crippen LogP contribution >= 0.6 is 0 Å². The maximum atomic E-state index is 12.2. The second-order valence-electron chi connectivity index (χ2n) is 7.09. The lowest BCUT2D eigenvalue weighted by Gasteiger charge is -2.24. The summed E-state index contributed by atoms with van der Waals surface area (Å²) in [6.07, 6.45) is 0.250. The van der Waals surface area contributed by atoms with Crippen molar-refractivity contribution in [3.63, 3.8) is 0 Å². The van der Waals surface area contributed by atoms with E-state index >= 15 is 0 Å². The molecule has 1 aliphatic rings. The zero-order valence-electron chi connectivity index (χ0n) is 13.1. The molecule has 1 fully saturated rings. The summed E-state index contributed by atoms with van der Waals surface area (Å²) in [5, 5.41) is 12.8. The van der Waals surface area contributed by atoms with Gasteiger partial charge in [0.15, 0.2) is 0 Å². The van der Waals surface area contributed by atoms with Gasteiger partial charge in [-0.1, -0.05) is 27.7 Å². The van der Waals surface area contributed by atoms with Gasteiger partial charge in [0.25, 0.3) is 0 Å². The Morgan fingerprint density at radius 1 is 1.26 bits per heavy atom. The van der Waals surface area contributed by atoms with Crippen molar-refractivity contribution in [1.29, 1.82) is 0 Å². The lowest BCUT2D eigenvalue weighted by atomic mass is 9.88. The maximum absolute atomic E-state index is 12.2. The average molecular weight is 271 g/mol. The van der Waals surface area contributed by atoms with E-state index in [2.05, 4.69) is 26.1 Å². The van der Waals surface area contributed by atoms with Crippen molar-refractivity contribution in [3.8, 4) is 0 Å². The van der Waals surface area contributed by atoms with Crippen LogP contribution < -0.4 is 5.32 Å². The topological polar surface area (TPSA) is 58.6 Å². The van der Waals surface area contributed by atoms with Gasteiger partial charge in [0, 0.05) is 6.54 Å². The Labute approximate surface area is 116 Å². The predicted octanol–water partition coefficient (Wildman–Crippen LogP) is 1.96. The van der Waals surface area contributed by atoms with Crippen molar-refractivity contribution >= 4 is 5.91 Å². The number of hydrogen-bond acceptors (Lipinski definition) is 3. The van der Waals surface area contributed by atoms with E-state index < -0.39 is 6.10 Å². The molecule has 0 aromatic heterocycles. The van der Waals surface area contributed by atoms with Gasteiger partial charge in [0.1, 0.15) is 0 Å². The van der Waals surface area contributed by atoms with Gasteiger partial charge in [-0.05, 0) is 31.6 Å². The number of nitrogens with one attached hydrogen (secondary N) is 1. The van der Waals surface area contributed by atoms with Crippen molar-refractivity contribution in [2.45, 2.75) is 66.3 Å². The summed E-state index contributed by atoms with van der Waals surface area (Å²) in [6, 6.07) is 0. The summed E-state index contributed by atoms with van der Waals surface area (Å²) in [6.45, 7) is 12.5. The highest BCUT2D eigenvalue weighted by atomic mass is 16.5. The van der Waals surface area contributed by atoms with Crippen LogP contribution in [0, 0.1) is 17.3 Å². The maximum Gasteiger partial charge on any atom is 0.226 e. The van der Waals surface area contributed by atoms with E-state index in [0.717, 1.165) is 0 Å². The van der Waals surface area contributed by atoms with Crippen molar-refractivity contribution in [2.24, 2.45) is 17.3 Å². The first-order valence-corrected chi connectivity index (χ1v) is 7.23. The van der Waals surface area contributed by atoms with Gasteiger partial charge in [0.05, 0.1) is 24.2 Å². The summed E-state index contributed by atoms with van der Waals surface area (Å²) < 4.78 is 5.67. The first kappa shape index (κ1) is 16.4. The number of carbonyl (C=O) groups excluding carboxylic acids is 1. The average Bonchev–Trinajstić information content (AvgIpc) is 2.47. The number of aliphatic hydroxyl groups excluding tert-OH is 1. The fourth-order valence-electron chi connectivity index (χ4n) is 2.83. The molecule has 5 atom stereocenters. The van der Waals surface area contributed by atoms with E-state index in [0.29, 0.717) is 13.0 Å². The standard InChI is InChI=1S/C15H29NO3/c1-9-10(2)19-11(3)13(9)14(18)16-8-12(17)7-15(4,5)6/h9-13,17H,7-8H2,1-6H3,(H,16,18). The van der Waals surface area contributed by atoms with Gasteiger partial charge in [-0.25, -0.2) is 0 Å². The van der Waals surface area contributed by atoms with Gasteiger partial charge in [0.2, 0.25) is 5.91 Å².